The van der Waals surface area contributed by atoms with Gasteiger partial charge in [0.05, 0.1) is 10.6 Å². The van der Waals surface area contributed by atoms with E-state index in [0.29, 0.717) is 10.0 Å². The number of carbonyl (C=O) groups excluding carboxylic acids is 2. The Balaban J connectivity index is 2.05. The van der Waals surface area contributed by atoms with Crippen LogP contribution in [-0.2, 0) is 26.2 Å². The first-order valence-corrected chi connectivity index (χ1v) is 13.7. The van der Waals surface area contributed by atoms with Crippen molar-refractivity contribution in [3.8, 4) is 0 Å². The second-order valence-electron chi connectivity index (χ2n) is 8.70. The summed E-state index contributed by atoms with van der Waals surface area (Å²) in [6, 6.07) is 17.2. The second kappa shape index (κ2) is 12.0. The van der Waals surface area contributed by atoms with E-state index < -0.39 is 28.5 Å². The molecule has 0 unspecified atom stereocenters. The lowest BCUT2D eigenvalue weighted by molar-refractivity contribution is -0.139. The van der Waals surface area contributed by atoms with Crippen molar-refractivity contribution in [3.63, 3.8) is 0 Å². The van der Waals surface area contributed by atoms with Gasteiger partial charge in [-0.05, 0) is 68.3 Å². The van der Waals surface area contributed by atoms with E-state index in [-0.39, 0.29) is 23.0 Å². The molecule has 196 valence electrons. The predicted molar refractivity (Wildman–Crippen MR) is 147 cm³/mol. The number of nitrogens with one attached hydrogen (secondary N) is 1. The number of halogens is 2. The predicted octanol–water partition coefficient (Wildman–Crippen LogP) is 4.97. The summed E-state index contributed by atoms with van der Waals surface area (Å²) >= 11 is 12.3. The van der Waals surface area contributed by atoms with Crippen molar-refractivity contribution in [1.29, 1.82) is 0 Å². The molecular weight excluding hydrogens is 533 g/mol. The number of benzene rings is 3. The highest BCUT2D eigenvalue weighted by Gasteiger charge is 2.32. The molecule has 0 radical (unpaired) electrons. The summed E-state index contributed by atoms with van der Waals surface area (Å²) in [5.41, 5.74) is 2.64. The summed E-state index contributed by atoms with van der Waals surface area (Å²) in [6.45, 7) is 4.79. The number of hydrogen-bond acceptors (Lipinski definition) is 4. The van der Waals surface area contributed by atoms with Gasteiger partial charge in [0, 0.05) is 23.6 Å². The Bertz CT molecular complexity index is 1380. The molecule has 3 aromatic rings. The molecule has 0 bridgehead atoms. The zero-order chi connectivity index (χ0) is 27.3. The molecule has 0 spiro atoms. The van der Waals surface area contributed by atoms with E-state index in [0.717, 1.165) is 21.0 Å². The molecule has 0 fully saturated rings. The minimum atomic E-state index is -4.15. The van der Waals surface area contributed by atoms with Crippen LogP contribution in [0, 0.1) is 13.8 Å². The van der Waals surface area contributed by atoms with E-state index in [4.69, 9.17) is 23.2 Å². The first kappa shape index (κ1) is 28.5. The van der Waals surface area contributed by atoms with Crippen molar-refractivity contribution in [2.75, 3.05) is 17.9 Å². The van der Waals surface area contributed by atoms with Gasteiger partial charge in [0.25, 0.3) is 10.0 Å². The van der Waals surface area contributed by atoms with Gasteiger partial charge in [0.2, 0.25) is 11.8 Å². The zero-order valence-corrected chi connectivity index (χ0v) is 23.4. The van der Waals surface area contributed by atoms with Gasteiger partial charge in [0.15, 0.2) is 0 Å². The Morgan fingerprint density at radius 3 is 2.14 bits per heavy atom. The molecule has 0 aliphatic heterocycles. The molecule has 2 amide bonds. The standard InChI is InChI=1S/C27H29Cl2N3O4S/c1-18-5-13-24(14-6-18)37(35,36)32(23-12-7-19(2)25(29)15-23)17-26(33)31(20(3)27(34)30-4)16-21-8-10-22(28)11-9-21/h5-15,20H,16-17H2,1-4H3,(H,30,34)/t20-/m0/s1. The van der Waals surface area contributed by atoms with Crippen LogP contribution in [0.2, 0.25) is 10.0 Å². The number of carbonyl (C=O) groups is 2. The molecule has 0 aliphatic rings. The highest BCUT2D eigenvalue weighted by molar-refractivity contribution is 7.92. The highest BCUT2D eigenvalue weighted by Crippen LogP contribution is 2.29. The maximum Gasteiger partial charge on any atom is 0.264 e. The fourth-order valence-electron chi connectivity index (χ4n) is 3.68. The van der Waals surface area contributed by atoms with Crippen LogP contribution in [0.4, 0.5) is 5.69 Å². The van der Waals surface area contributed by atoms with Crippen molar-refractivity contribution in [2.24, 2.45) is 0 Å². The normalized spacial score (nSPS) is 12.1. The molecule has 0 saturated heterocycles. The summed E-state index contributed by atoms with van der Waals surface area (Å²) in [5, 5.41) is 3.45. The molecule has 7 nitrogen and oxygen atoms in total. The molecule has 1 N–H and O–H groups in total. The molecule has 0 heterocycles. The number of anilines is 1. The van der Waals surface area contributed by atoms with Gasteiger partial charge in [-0.25, -0.2) is 8.42 Å². The maximum atomic E-state index is 13.8. The Labute approximate surface area is 228 Å². The van der Waals surface area contributed by atoms with Crippen molar-refractivity contribution in [1.82, 2.24) is 10.2 Å². The van der Waals surface area contributed by atoms with Crippen LogP contribution in [0.3, 0.4) is 0 Å². The minimum absolute atomic E-state index is 0.0335. The second-order valence-corrected chi connectivity index (χ2v) is 11.4. The number of sulfonamides is 1. The lowest BCUT2D eigenvalue weighted by Gasteiger charge is -2.32. The quantitative estimate of drug-likeness (QED) is 0.399. The van der Waals surface area contributed by atoms with Crippen molar-refractivity contribution >= 4 is 50.7 Å². The van der Waals surface area contributed by atoms with Gasteiger partial charge in [-0.1, -0.05) is 59.1 Å². The van der Waals surface area contributed by atoms with Gasteiger partial charge in [-0.15, -0.1) is 0 Å². The largest absolute Gasteiger partial charge is 0.357 e. The van der Waals surface area contributed by atoms with E-state index in [9.17, 15) is 18.0 Å². The van der Waals surface area contributed by atoms with Gasteiger partial charge < -0.3 is 10.2 Å². The average molecular weight is 563 g/mol. The average Bonchev–Trinajstić information content (AvgIpc) is 2.87. The van der Waals surface area contributed by atoms with Gasteiger partial charge in [0.1, 0.15) is 12.6 Å². The zero-order valence-electron chi connectivity index (χ0n) is 21.0. The third-order valence-corrected chi connectivity index (χ3v) is 8.46. The van der Waals surface area contributed by atoms with Crippen LogP contribution in [0.25, 0.3) is 0 Å². The molecule has 0 saturated carbocycles. The number of amides is 2. The number of aryl methyl sites for hydroxylation is 2. The van der Waals surface area contributed by atoms with Crippen LogP contribution in [0.5, 0.6) is 0 Å². The van der Waals surface area contributed by atoms with Crippen molar-refractivity contribution < 1.29 is 18.0 Å². The summed E-state index contributed by atoms with van der Waals surface area (Å²) in [7, 11) is -2.67. The van der Waals surface area contributed by atoms with Gasteiger partial charge in [-0.2, -0.15) is 0 Å². The Kier molecular flexibility index (Phi) is 9.23. The van der Waals surface area contributed by atoms with E-state index >= 15 is 0 Å². The molecule has 0 aliphatic carbocycles. The molecule has 1 atom stereocenters. The fourth-order valence-corrected chi connectivity index (χ4v) is 5.39. The Morgan fingerprint density at radius 2 is 1.57 bits per heavy atom. The third-order valence-electron chi connectivity index (χ3n) is 6.01. The van der Waals surface area contributed by atoms with Crippen LogP contribution in [0.15, 0.2) is 71.6 Å². The SMILES string of the molecule is CNC(=O)[C@H](C)N(Cc1ccc(Cl)cc1)C(=O)CN(c1ccc(C)c(Cl)c1)S(=O)(=O)c1ccc(C)cc1. The van der Waals surface area contributed by atoms with E-state index in [1.54, 1.807) is 62.4 Å². The molecule has 0 aromatic heterocycles. The van der Waals surface area contributed by atoms with E-state index in [1.807, 2.05) is 6.92 Å². The number of nitrogens with zero attached hydrogens (tertiary/aromatic N) is 2. The van der Waals surface area contributed by atoms with Gasteiger partial charge in [-0.3, -0.25) is 13.9 Å². The van der Waals surface area contributed by atoms with Crippen molar-refractivity contribution in [3.05, 3.63) is 93.5 Å². The van der Waals surface area contributed by atoms with Crippen LogP contribution >= 0.6 is 23.2 Å². The molecule has 10 heteroatoms. The highest BCUT2D eigenvalue weighted by atomic mass is 35.5. The van der Waals surface area contributed by atoms with Gasteiger partial charge >= 0.3 is 0 Å². The molecule has 37 heavy (non-hydrogen) atoms. The number of likely N-dealkylation sites (N-methyl/N-ethyl adjacent to an activating group) is 1. The van der Waals surface area contributed by atoms with Crippen molar-refractivity contribution in [2.45, 2.75) is 38.3 Å². The van der Waals surface area contributed by atoms with Crippen LogP contribution in [-0.4, -0.2) is 44.8 Å². The molecular formula is C27H29Cl2N3O4S. The molecule has 3 rings (SSSR count). The smallest absolute Gasteiger partial charge is 0.264 e. The lowest BCUT2D eigenvalue weighted by atomic mass is 10.1. The monoisotopic (exact) mass is 561 g/mol. The third kappa shape index (κ3) is 6.83. The number of hydrogen-bond donors (Lipinski definition) is 1. The van der Waals surface area contributed by atoms with Crippen LogP contribution in [0.1, 0.15) is 23.6 Å². The van der Waals surface area contributed by atoms with E-state index in [2.05, 4.69) is 5.32 Å². The Hall–Kier alpha value is -3.07. The topological polar surface area (TPSA) is 86.8 Å². The fraction of sp³-hybridized carbons (Fsp3) is 0.259. The van der Waals surface area contributed by atoms with Crippen LogP contribution < -0.4 is 9.62 Å². The lowest BCUT2D eigenvalue weighted by Crippen LogP contribution is -2.50. The first-order valence-electron chi connectivity index (χ1n) is 11.5. The molecule has 3 aromatic carbocycles. The summed E-state index contributed by atoms with van der Waals surface area (Å²) in [5.74, 6) is -0.938. The number of rotatable bonds is 9. The summed E-state index contributed by atoms with van der Waals surface area (Å²) in [4.78, 5) is 27.6. The maximum absolute atomic E-state index is 13.8. The summed E-state index contributed by atoms with van der Waals surface area (Å²) < 4.78 is 28.6. The minimum Gasteiger partial charge on any atom is -0.357 e. The van der Waals surface area contributed by atoms with E-state index in [1.165, 1.54) is 30.1 Å². The first-order chi connectivity index (χ1) is 17.4. The summed E-state index contributed by atoms with van der Waals surface area (Å²) in [6.07, 6.45) is 0. The Morgan fingerprint density at radius 1 is 0.946 bits per heavy atom.